The third-order valence-corrected chi connectivity index (χ3v) is 4.44. The molecule has 0 radical (unpaired) electrons. The molecule has 1 fully saturated rings. The molecule has 110 valence electrons. The van der Waals surface area contributed by atoms with E-state index in [0.717, 1.165) is 30.8 Å². The molecule has 1 aliphatic rings. The molecule has 1 aliphatic heterocycles. The molecule has 1 amide bonds. The number of nitrogens with one attached hydrogen (secondary N) is 1. The van der Waals surface area contributed by atoms with Crippen molar-refractivity contribution in [2.45, 2.75) is 12.5 Å². The fraction of sp³-hybridized carbons (Fsp3) is 0.500. The maximum atomic E-state index is 11.8. The lowest BCUT2D eigenvalue weighted by molar-refractivity contribution is 0.0603. The molecule has 1 saturated heterocycles. The van der Waals surface area contributed by atoms with E-state index in [-0.39, 0.29) is 22.2 Å². The molecule has 2 rings (SSSR count). The number of rotatable bonds is 4. The minimum Gasteiger partial charge on any atom is -0.465 e. The van der Waals surface area contributed by atoms with E-state index in [1.165, 1.54) is 7.11 Å². The first-order chi connectivity index (χ1) is 9.43. The van der Waals surface area contributed by atoms with Gasteiger partial charge in [-0.15, -0.1) is 11.3 Å². The van der Waals surface area contributed by atoms with Gasteiger partial charge >= 0.3 is 5.97 Å². The molecule has 0 aromatic carbocycles. The molecular weight excluding hydrogens is 280 g/mol. The lowest BCUT2D eigenvalue weighted by Crippen LogP contribution is -2.24. The SMILES string of the molecule is COC(=O)c1c(NC2CCN(C)C2)sc(C(N)=O)c1N. The van der Waals surface area contributed by atoms with Crippen LogP contribution in [0.2, 0.25) is 0 Å². The van der Waals surface area contributed by atoms with Gasteiger partial charge in [0.05, 0.1) is 12.8 Å². The summed E-state index contributed by atoms with van der Waals surface area (Å²) in [5, 5.41) is 3.80. The highest BCUT2D eigenvalue weighted by atomic mass is 32.1. The fourth-order valence-electron chi connectivity index (χ4n) is 2.27. The second-order valence-corrected chi connectivity index (χ2v) is 5.82. The van der Waals surface area contributed by atoms with Crippen LogP contribution in [0.5, 0.6) is 0 Å². The largest absolute Gasteiger partial charge is 0.465 e. The summed E-state index contributed by atoms with van der Waals surface area (Å²) in [5.74, 6) is -1.21. The summed E-state index contributed by atoms with van der Waals surface area (Å²) in [6.07, 6.45) is 0.959. The number of thiophene rings is 1. The molecule has 20 heavy (non-hydrogen) atoms. The van der Waals surface area contributed by atoms with Gasteiger partial charge in [0.25, 0.3) is 5.91 Å². The average molecular weight is 298 g/mol. The van der Waals surface area contributed by atoms with E-state index in [0.29, 0.717) is 5.00 Å². The molecule has 1 aromatic heterocycles. The normalized spacial score (nSPS) is 19.0. The Bertz CT molecular complexity index is 543. The van der Waals surface area contributed by atoms with E-state index in [1.54, 1.807) is 0 Å². The number of anilines is 2. The predicted octanol–water partition coefficient (Wildman–Crippen LogP) is 0.332. The number of nitrogen functional groups attached to an aromatic ring is 1. The molecule has 0 bridgehead atoms. The van der Waals surface area contributed by atoms with Gasteiger partial charge < -0.3 is 26.4 Å². The van der Waals surface area contributed by atoms with Crippen molar-refractivity contribution in [3.05, 3.63) is 10.4 Å². The average Bonchev–Trinajstić information content (AvgIpc) is 2.93. The van der Waals surface area contributed by atoms with Crippen LogP contribution >= 0.6 is 11.3 Å². The van der Waals surface area contributed by atoms with Crippen LogP contribution in [-0.2, 0) is 4.74 Å². The molecule has 1 atom stereocenters. The van der Waals surface area contributed by atoms with Gasteiger partial charge in [-0.2, -0.15) is 0 Å². The minimum atomic E-state index is -0.644. The standard InChI is InChI=1S/C12H18N4O3S/c1-16-4-3-6(5-16)15-11-7(12(18)19-2)8(13)9(20-11)10(14)17/h6,15H,3-5,13H2,1-2H3,(H2,14,17). The zero-order chi connectivity index (χ0) is 14.9. The Balaban J connectivity index is 2.33. The molecule has 8 heteroatoms. The number of carbonyl (C=O) groups is 2. The maximum absolute atomic E-state index is 11.8. The monoisotopic (exact) mass is 298 g/mol. The summed E-state index contributed by atoms with van der Waals surface area (Å²) in [5.41, 5.74) is 11.4. The number of ether oxygens (including phenoxy) is 1. The van der Waals surface area contributed by atoms with Crippen LogP contribution in [0.4, 0.5) is 10.7 Å². The zero-order valence-corrected chi connectivity index (χ0v) is 12.3. The van der Waals surface area contributed by atoms with Crippen LogP contribution in [0.25, 0.3) is 0 Å². The number of likely N-dealkylation sites (N-methyl/N-ethyl adjacent to an activating group) is 1. The van der Waals surface area contributed by atoms with Crippen molar-refractivity contribution in [2.24, 2.45) is 5.73 Å². The number of likely N-dealkylation sites (tertiary alicyclic amines) is 1. The van der Waals surface area contributed by atoms with E-state index < -0.39 is 11.9 Å². The number of methoxy groups -OCH3 is 1. The van der Waals surface area contributed by atoms with E-state index >= 15 is 0 Å². The van der Waals surface area contributed by atoms with Crippen LogP contribution in [0, 0.1) is 0 Å². The number of nitrogens with zero attached hydrogens (tertiary/aromatic N) is 1. The summed E-state index contributed by atoms with van der Waals surface area (Å²) in [6.45, 7) is 1.85. The van der Waals surface area contributed by atoms with Crippen molar-refractivity contribution in [1.82, 2.24) is 4.90 Å². The van der Waals surface area contributed by atoms with Gasteiger partial charge in [-0.3, -0.25) is 4.79 Å². The number of hydrogen-bond donors (Lipinski definition) is 3. The highest BCUT2D eigenvalue weighted by molar-refractivity contribution is 7.19. The van der Waals surface area contributed by atoms with Crippen molar-refractivity contribution in [1.29, 1.82) is 0 Å². The lowest BCUT2D eigenvalue weighted by atomic mass is 10.2. The van der Waals surface area contributed by atoms with Gasteiger partial charge in [0, 0.05) is 12.6 Å². The molecular formula is C12H18N4O3S. The van der Waals surface area contributed by atoms with Crippen LogP contribution < -0.4 is 16.8 Å². The topological polar surface area (TPSA) is 111 Å². The highest BCUT2D eigenvalue weighted by Crippen LogP contribution is 2.37. The summed E-state index contributed by atoms with van der Waals surface area (Å²) < 4.78 is 4.72. The van der Waals surface area contributed by atoms with E-state index in [9.17, 15) is 9.59 Å². The third kappa shape index (κ3) is 2.70. The Morgan fingerprint density at radius 2 is 2.20 bits per heavy atom. The predicted molar refractivity (Wildman–Crippen MR) is 78.1 cm³/mol. The first-order valence-electron chi connectivity index (χ1n) is 6.19. The maximum Gasteiger partial charge on any atom is 0.343 e. The lowest BCUT2D eigenvalue weighted by Gasteiger charge is -2.13. The Morgan fingerprint density at radius 1 is 1.50 bits per heavy atom. The van der Waals surface area contributed by atoms with Gasteiger partial charge in [-0.25, -0.2) is 4.79 Å². The molecule has 1 aromatic rings. The van der Waals surface area contributed by atoms with Gasteiger partial charge in [0.2, 0.25) is 0 Å². The number of primary amides is 1. The summed E-state index contributed by atoms with van der Waals surface area (Å²) >= 11 is 1.10. The van der Waals surface area contributed by atoms with Gasteiger partial charge in [-0.05, 0) is 20.0 Å². The van der Waals surface area contributed by atoms with Crippen molar-refractivity contribution in [3.63, 3.8) is 0 Å². The zero-order valence-electron chi connectivity index (χ0n) is 11.4. The minimum absolute atomic E-state index is 0.0863. The van der Waals surface area contributed by atoms with E-state index in [1.807, 2.05) is 7.05 Å². The Hall–Kier alpha value is -1.80. The highest BCUT2D eigenvalue weighted by Gasteiger charge is 2.28. The van der Waals surface area contributed by atoms with Crippen molar-refractivity contribution in [3.8, 4) is 0 Å². The summed E-state index contributed by atoms with van der Waals surface area (Å²) in [4.78, 5) is 25.5. The molecule has 7 nitrogen and oxygen atoms in total. The van der Waals surface area contributed by atoms with Gasteiger partial charge in [0.15, 0.2) is 0 Å². The van der Waals surface area contributed by atoms with Crippen LogP contribution in [0.15, 0.2) is 0 Å². The first-order valence-corrected chi connectivity index (χ1v) is 7.01. The molecule has 0 aliphatic carbocycles. The summed E-state index contributed by atoms with van der Waals surface area (Å²) in [7, 11) is 3.30. The molecule has 0 saturated carbocycles. The van der Waals surface area contributed by atoms with Crippen molar-refractivity contribution >= 4 is 33.9 Å². The van der Waals surface area contributed by atoms with E-state index in [4.69, 9.17) is 16.2 Å². The second-order valence-electron chi connectivity index (χ2n) is 4.80. The van der Waals surface area contributed by atoms with Crippen LogP contribution in [-0.4, -0.2) is 50.1 Å². The quantitative estimate of drug-likeness (QED) is 0.691. The van der Waals surface area contributed by atoms with Crippen LogP contribution in [0.1, 0.15) is 26.5 Å². The number of hydrogen-bond acceptors (Lipinski definition) is 7. The number of amides is 1. The van der Waals surface area contributed by atoms with Crippen LogP contribution in [0.3, 0.4) is 0 Å². The number of carbonyl (C=O) groups excluding carboxylic acids is 2. The second kappa shape index (κ2) is 5.68. The third-order valence-electron chi connectivity index (χ3n) is 3.29. The Morgan fingerprint density at radius 3 is 2.70 bits per heavy atom. The van der Waals surface area contributed by atoms with E-state index in [2.05, 4.69) is 10.2 Å². The first kappa shape index (κ1) is 14.6. The fourth-order valence-corrected chi connectivity index (χ4v) is 3.31. The number of nitrogens with two attached hydrogens (primary N) is 2. The Labute approximate surface area is 120 Å². The van der Waals surface area contributed by atoms with Gasteiger partial charge in [0.1, 0.15) is 15.4 Å². The molecule has 5 N–H and O–H groups in total. The van der Waals surface area contributed by atoms with Crippen molar-refractivity contribution < 1.29 is 14.3 Å². The van der Waals surface area contributed by atoms with Gasteiger partial charge in [-0.1, -0.05) is 0 Å². The molecule has 1 unspecified atom stereocenters. The summed E-state index contributed by atoms with van der Waals surface area (Å²) in [6, 6.07) is 0.210. The number of esters is 1. The smallest absolute Gasteiger partial charge is 0.343 e. The molecule has 2 heterocycles. The van der Waals surface area contributed by atoms with Crippen molar-refractivity contribution in [2.75, 3.05) is 38.3 Å². The molecule has 0 spiro atoms. The Kier molecular flexibility index (Phi) is 4.15.